The van der Waals surface area contributed by atoms with E-state index in [0.29, 0.717) is 0 Å². The van der Waals surface area contributed by atoms with Crippen molar-refractivity contribution in [3.8, 4) is 5.75 Å². The van der Waals surface area contributed by atoms with Crippen molar-refractivity contribution >= 4 is 29.1 Å². The largest absolute Gasteiger partial charge is 0.510 e. The Morgan fingerprint density at radius 3 is 2.21 bits per heavy atom. The van der Waals surface area contributed by atoms with Crippen LogP contribution in [0.5, 0.6) is 5.75 Å². The normalized spacial score (nSPS) is 25.9. The van der Waals surface area contributed by atoms with Crippen molar-refractivity contribution < 1.29 is 44.0 Å². The van der Waals surface area contributed by atoms with Gasteiger partial charge in [0.25, 0.3) is 5.91 Å². The van der Waals surface area contributed by atoms with E-state index in [1.807, 2.05) is 0 Å². The summed E-state index contributed by atoms with van der Waals surface area (Å²) in [6, 6.07) is -1.16. The quantitative estimate of drug-likeness (QED) is 0.216. The third-order valence-electron chi connectivity index (χ3n) is 8.32. The minimum atomic E-state index is -2.81. The molecule has 13 heteroatoms. The second-order valence-electron chi connectivity index (χ2n) is 12.8. The highest BCUT2D eigenvalue weighted by atomic mass is 19.1. The molecule has 12 nitrogen and oxygen atoms in total. The number of rotatable bonds is 5. The number of ketones is 2. The minimum absolute atomic E-state index is 0.0343. The third-order valence-corrected chi connectivity index (χ3v) is 8.32. The van der Waals surface area contributed by atoms with E-state index in [1.54, 1.807) is 39.8 Å². The standard InChI is InChI=1S/C29H37FN4O8/c1-28(2,3)27(41)32-19-13(10-33(4)5)18(30)12-8-11-9-14-20(34(6)7)23(37)17(26(31)40)25(39)29(14,42)24(38)15(11)21(35)16(12)22(19)36/h11,14,20,36-38,42H,8-10H2,1-7H3,(H2,31,40)(H,32,41)/t11-,14-,20-,29-/m0/s1. The fourth-order valence-corrected chi connectivity index (χ4v) is 6.30. The molecule has 7 N–H and O–H groups in total. The summed E-state index contributed by atoms with van der Waals surface area (Å²) in [5, 5.41) is 47.9. The van der Waals surface area contributed by atoms with Gasteiger partial charge in [0.1, 0.15) is 22.9 Å². The SMILES string of the molecule is CN(C)Cc1c(F)c2c(c(O)c1NC(=O)C(C)(C)C)C(=O)C1=C(O)[C@]3(O)C(=O)C(C(N)=O)=C(O)[C@@H](N(C)C)[C@@H]3C[C@@H]1C2. The molecule has 228 valence electrons. The van der Waals surface area contributed by atoms with Gasteiger partial charge in [-0.1, -0.05) is 20.8 Å². The van der Waals surface area contributed by atoms with Gasteiger partial charge >= 0.3 is 0 Å². The Labute approximate surface area is 242 Å². The fraction of sp³-hybridized carbons (Fsp3) is 0.517. The van der Waals surface area contributed by atoms with Gasteiger partial charge in [-0.3, -0.25) is 24.1 Å². The Morgan fingerprint density at radius 2 is 1.71 bits per heavy atom. The second kappa shape index (κ2) is 10.2. The smallest absolute Gasteiger partial charge is 0.255 e. The molecule has 3 aliphatic carbocycles. The summed E-state index contributed by atoms with van der Waals surface area (Å²) in [6.07, 6.45) is -0.376. The summed E-state index contributed by atoms with van der Waals surface area (Å²) < 4.78 is 16.3. The maximum atomic E-state index is 16.3. The van der Waals surface area contributed by atoms with Crippen LogP contribution in [-0.2, 0) is 27.3 Å². The zero-order valence-electron chi connectivity index (χ0n) is 24.6. The number of phenols is 1. The van der Waals surface area contributed by atoms with E-state index in [1.165, 1.54) is 19.0 Å². The third kappa shape index (κ3) is 4.46. The molecule has 0 saturated carbocycles. The number of likely N-dealkylation sites (N-methyl/N-ethyl adjacent to an activating group) is 1. The van der Waals surface area contributed by atoms with Crippen LogP contribution in [0.3, 0.4) is 0 Å². The van der Waals surface area contributed by atoms with E-state index in [4.69, 9.17) is 5.73 Å². The average molecular weight is 589 g/mol. The molecule has 1 aromatic carbocycles. The van der Waals surface area contributed by atoms with E-state index in [-0.39, 0.29) is 36.2 Å². The van der Waals surface area contributed by atoms with Crippen LogP contribution in [0.25, 0.3) is 0 Å². The van der Waals surface area contributed by atoms with E-state index in [9.17, 15) is 39.6 Å². The molecule has 42 heavy (non-hydrogen) atoms. The number of halogens is 1. The van der Waals surface area contributed by atoms with Gasteiger partial charge in [0, 0.05) is 34.6 Å². The lowest BCUT2D eigenvalue weighted by Gasteiger charge is -2.50. The highest BCUT2D eigenvalue weighted by Crippen LogP contribution is 2.53. The number of aromatic hydroxyl groups is 1. The number of hydrogen-bond donors (Lipinski definition) is 6. The lowest BCUT2D eigenvalue weighted by Crippen LogP contribution is -2.63. The maximum Gasteiger partial charge on any atom is 0.255 e. The summed E-state index contributed by atoms with van der Waals surface area (Å²) in [6.45, 7) is 4.82. The first kappa shape index (κ1) is 31.1. The molecular weight excluding hydrogens is 551 g/mol. The Balaban J connectivity index is 1.98. The molecule has 1 aromatic rings. The number of carbonyl (C=O) groups is 4. The number of nitrogens with two attached hydrogens (primary N) is 1. The number of nitrogens with zero attached hydrogens (tertiary/aromatic N) is 2. The molecule has 0 aliphatic heterocycles. The topological polar surface area (TPSA) is 194 Å². The molecule has 0 bridgehead atoms. The lowest BCUT2D eigenvalue weighted by molar-refractivity contribution is -0.148. The zero-order valence-corrected chi connectivity index (χ0v) is 24.6. The summed E-state index contributed by atoms with van der Waals surface area (Å²) in [7, 11) is 6.37. The number of anilines is 1. The first-order valence-corrected chi connectivity index (χ1v) is 13.4. The van der Waals surface area contributed by atoms with Crippen LogP contribution in [0.15, 0.2) is 22.7 Å². The Hall–Kier alpha value is -3.81. The van der Waals surface area contributed by atoms with E-state index >= 15 is 4.39 Å². The number of allylic oxidation sites excluding steroid dienone is 1. The first-order valence-electron chi connectivity index (χ1n) is 13.4. The van der Waals surface area contributed by atoms with Crippen LogP contribution in [0, 0.1) is 23.1 Å². The molecule has 0 fully saturated rings. The number of amides is 2. The monoisotopic (exact) mass is 588 g/mol. The van der Waals surface area contributed by atoms with Crippen molar-refractivity contribution in [3.63, 3.8) is 0 Å². The highest BCUT2D eigenvalue weighted by Gasteiger charge is 2.63. The number of fused-ring (bicyclic) bond motifs is 3. The molecule has 0 unspecified atom stereocenters. The van der Waals surface area contributed by atoms with Gasteiger partial charge in [-0.05, 0) is 47.0 Å². The predicted molar refractivity (Wildman–Crippen MR) is 149 cm³/mol. The molecular formula is C29H37FN4O8. The molecule has 0 radical (unpaired) electrons. The van der Waals surface area contributed by atoms with Gasteiger partial charge in [0.05, 0.1) is 17.3 Å². The molecule has 0 spiro atoms. The number of benzene rings is 1. The second-order valence-corrected chi connectivity index (χ2v) is 12.8. The molecule has 4 rings (SSSR count). The highest BCUT2D eigenvalue weighted by molar-refractivity contribution is 6.25. The fourth-order valence-electron chi connectivity index (χ4n) is 6.30. The average Bonchev–Trinajstić information content (AvgIpc) is 2.85. The van der Waals surface area contributed by atoms with E-state index in [0.717, 1.165) is 0 Å². The van der Waals surface area contributed by atoms with Gasteiger partial charge in [-0.2, -0.15) is 0 Å². The first-order chi connectivity index (χ1) is 19.3. The van der Waals surface area contributed by atoms with Crippen LogP contribution in [-0.4, -0.2) is 93.4 Å². The molecule has 2 amide bonds. The van der Waals surface area contributed by atoms with Gasteiger partial charge in [0.15, 0.2) is 17.1 Å². The van der Waals surface area contributed by atoms with Crippen LogP contribution >= 0.6 is 0 Å². The van der Waals surface area contributed by atoms with Crippen molar-refractivity contribution in [1.82, 2.24) is 9.80 Å². The number of carbonyl (C=O) groups excluding carboxylic acids is 4. The van der Waals surface area contributed by atoms with Gasteiger partial charge < -0.3 is 36.4 Å². The van der Waals surface area contributed by atoms with Crippen molar-refractivity contribution in [3.05, 3.63) is 45.2 Å². The number of nitrogens with one attached hydrogen (secondary N) is 1. The number of primary amides is 1. The lowest BCUT2D eigenvalue weighted by atomic mass is 9.58. The zero-order chi connectivity index (χ0) is 31.8. The number of aliphatic hydroxyl groups excluding tert-OH is 2. The maximum absolute atomic E-state index is 16.3. The number of hydrogen-bond acceptors (Lipinski definition) is 10. The van der Waals surface area contributed by atoms with Gasteiger partial charge in [0.2, 0.25) is 11.7 Å². The number of Topliss-reactive ketones (excluding diaryl/α,β-unsaturated/α-hetero) is 2. The van der Waals surface area contributed by atoms with Gasteiger partial charge in [-0.25, -0.2) is 4.39 Å². The van der Waals surface area contributed by atoms with Crippen LogP contribution in [0.2, 0.25) is 0 Å². The van der Waals surface area contributed by atoms with Crippen molar-refractivity contribution in [1.29, 1.82) is 0 Å². The van der Waals surface area contributed by atoms with Crippen LogP contribution < -0.4 is 11.1 Å². The van der Waals surface area contributed by atoms with Crippen molar-refractivity contribution in [2.45, 2.75) is 51.8 Å². The number of phenolic OH excluding ortho intramolecular Hbond substituents is 1. The summed E-state index contributed by atoms with van der Waals surface area (Å²) in [5.74, 6) is -9.73. The molecule has 3 aliphatic rings. The summed E-state index contributed by atoms with van der Waals surface area (Å²) in [5.41, 5.74) is -0.743. The van der Waals surface area contributed by atoms with Crippen molar-refractivity contribution in [2.75, 3.05) is 33.5 Å². The summed E-state index contributed by atoms with van der Waals surface area (Å²) >= 11 is 0. The Bertz CT molecular complexity index is 1490. The molecule has 0 heterocycles. The molecule has 0 aromatic heterocycles. The van der Waals surface area contributed by atoms with E-state index in [2.05, 4.69) is 5.32 Å². The summed E-state index contributed by atoms with van der Waals surface area (Å²) in [4.78, 5) is 55.5. The number of aliphatic hydroxyl groups is 3. The predicted octanol–water partition coefficient (Wildman–Crippen LogP) is 1.31. The van der Waals surface area contributed by atoms with Gasteiger partial charge in [-0.15, -0.1) is 0 Å². The minimum Gasteiger partial charge on any atom is -0.510 e. The van der Waals surface area contributed by atoms with Crippen LogP contribution in [0.1, 0.15) is 48.7 Å². The molecule has 4 atom stereocenters. The van der Waals surface area contributed by atoms with Crippen LogP contribution in [0.4, 0.5) is 10.1 Å². The Morgan fingerprint density at radius 1 is 1.12 bits per heavy atom. The molecule has 0 saturated heterocycles. The van der Waals surface area contributed by atoms with E-state index < -0.39 is 92.1 Å². The Kier molecular flexibility index (Phi) is 7.54. The van der Waals surface area contributed by atoms with Crippen molar-refractivity contribution in [2.24, 2.45) is 23.0 Å².